The average molecular weight is 230 g/mol. The van der Waals surface area contributed by atoms with Gasteiger partial charge in [-0.2, -0.15) is 0 Å². The Morgan fingerprint density at radius 2 is 1.69 bits per heavy atom. The van der Waals surface area contributed by atoms with Gasteiger partial charge in [0.15, 0.2) is 0 Å². The highest BCUT2D eigenvalue weighted by molar-refractivity contribution is 4.85. The number of rotatable bonds is 8. The van der Waals surface area contributed by atoms with Crippen molar-refractivity contribution in [2.75, 3.05) is 26.8 Å². The van der Waals surface area contributed by atoms with Crippen molar-refractivity contribution >= 4 is 0 Å². The summed E-state index contributed by atoms with van der Waals surface area (Å²) in [5, 5.41) is 3.56. The van der Waals surface area contributed by atoms with Crippen molar-refractivity contribution in [2.24, 2.45) is 23.5 Å². The second kappa shape index (κ2) is 7.25. The summed E-state index contributed by atoms with van der Waals surface area (Å²) in [7, 11) is 1.72. The third kappa shape index (κ3) is 5.28. The summed E-state index contributed by atoms with van der Waals surface area (Å²) in [5.74, 6) is 2.07. The third-order valence-corrected chi connectivity index (χ3v) is 3.39. The molecule has 0 spiro atoms. The van der Waals surface area contributed by atoms with Crippen LogP contribution in [0.4, 0.5) is 0 Å². The van der Waals surface area contributed by atoms with Gasteiger partial charge in [-0.15, -0.1) is 0 Å². The van der Waals surface area contributed by atoms with Gasteiger partial charge in [-0.1, -0.05) is 27.7 Å². The first kappa shape index (κ1) is 15.9. The second-order valence-electron chi connectivity index (χ2n) is 5.73. The Morgan fingerprint density at radius 3 is 2.00 bits per heavy atom. The molecule has 16 heavy (non-hydrogen) atoms. The molecule has 0 aromatic rings. The van der Waals surface area contributed by atoms with Crippen molar-refractivity contribution in [3.05, 3.63) is 0 Å². The van der Waals surface area contributed by atoms with Crippen LogP contribution in [0.5, 0.6) is 0 Å². The van der Waals surface area contributed by atoms with Gasteiger partial charge >= 0.3 is 0 Å². The van der Waals surface area contributed by atoms with Gasteiger partial charge in [-0.25, -0.2) is 0 Å². The van der Waals surface area contributed by atoms with E-state index in [0.717, 1.165) is 6.54 Å². The first-order valence-electron chi connectivity index (χ1n) is 6.30. The summed E-state index contributed by atoms with van der Waals surface area (Å²) in [6.45, 7) is 13.5. The van der Waals surface area contributed by atoms with Gasteiger partial charge in [-0.05, 0) is 31.2 Å². The molecule has 3 nitrogen and oxygen atoms in total. The van der Waals surface area contributed by atoms with Crippen LogP contribution in [0.25, 0.3) is 0 Å². The van der Waals surface area contributed by atoms with E-state index in [9.17, 15) is 0 Å². The molecule has 1 unspecified atom stereocenters. The normalized spacial score (nSPS) is 16.1. The molecule has 0 heterocycles. The monoisotopic (exact) mass is 230 g/mol. The Hall–Kier alpha value is -0.120. The maximum absolute atomic E-state index is 5.79. The Kier molecular flexibility index (Phi) is 7.20. The topological polar surface area (TPSA) is 47.3 Å². The highest BCUT2D eigenvalue weighted by Crippen LogP contribution is 2.20. The Labute approximate surface area is 101 Å². The predicted molar refractivity (Wildman–Crippen MR) is 70.5 cm³/mol. The van der Waals surface area contributed by atoms with Crippen LogP contribution in [0, 0.1) is 17.8 Å². The maximum Gasteiger partial charge on any atom is 0.0654 e. The molecule has 0 amide bonds. The van der Waals surface area contributed by atoms with Crippen molar-refractivity contribution in [3.8, 4) is 0 Å². The molecular formula is C13H30N2O. The average Bonchev–Trinajstić information content (AvgIpc) is 2.17. The van der Waals surface area contributed by atoms with Gasteiger partial charge in [0.25, 0.3) is 0 Å². The predicted octanol–water partition coefficient (Wildman–Crippen LogP) is 1.87. The van der Waals surface area contributed by atoms with E-state index in [-0.39, 0.29) is 5.54 Å². The molecule has 0 saturated heterocycles. The fourth-order valence-corrected chi connectivity index (χ4v) is 2.11. The number of nitrogens with two attached hydrogens (primary N) is 1. The zero-order chi connectivity index (χ0) is 12.8. The van der Waals surface area contributed by atoms with E-state index in [2.05, 4.69) is 39.9 Å². The van der Waals surface area contributed by atoms with Gasteiger partial charge in [0, 0.05) is 13.7 Å². The molecule has 3 N–H and O–H groups in total. The van der Waals surface area contributed by atoms with Crippen LogP contribution in [0.1, 0.15) is 34.6 Å². The van der Waals surface area contributed by atoms with Gasteiger partial charge in [0.2, 0.25) is 0 Å². The van der Waals surface area contributed by atoms with Crippen molar-refractivity contribution < 1.29 is 4.74 Å². The number of nitrogens with one attached hydrogen (secondary N) is 1. The van der Waals surface area contributed by atoms with Crippen molar-refractivity contribution in [1.82, 2.24) is 5.32 Å². The minimum atomic E-state index is -0.100. The lowest BCUT2D eigenvalue weighted by atomic mass is 9.85. The van der Waals surface area contributed by atoms with Crippen LogP contribution in [-0.4, -0.2) is 32.3 Å². The van der Waals surface area contributed by atoms with Gasteiger partial charge in [0.1, 0.15) is 0 Å². The van der Waals surface area contributed by atoms with E-state index in [1.807, 2.05) is 0 Å². The molecule has 0 aliphatic rings. The standard InChI is InChI=1S/C13H30N2O/c1-10(2)12(11(3)4)7-15-13(5,8-14)9-16-6/h10-12,15H,7-9,14H2,1-6H3. The molecule has 98 valence electrons. The van der Waals surface area contributed by atoms with Gasteiger partial charge < -0.3 is 15.8 Å². The number of ether oxygens (including phenoxy) is 1. The molecule has 3 heteroatoms. The Balaban J connectivity index is 4.26. The SMILES string of the molecule is COCC(C)(CN)NCC(C(C)C)C(C)C. The molecule has 1 atom stereocenters. The van der Waals surface area contributed by atoms with Gasteiger partial charge in [-0.3, -0.25) is 0 Å². The summed E-state index contributed by atoms with van der Waals surface area (Å²) in [4.78, 5) is 0. The summed E-state index contributed by atoms with van der Waals surface area (Å²) < 4.78 is 5.21. The van der Waals surface area contributed by atoms with Crippen LogP contribution in [0.2, 0.25) is 0 Å². The Morgan fingerprint density at radius 1 is 1.19 bits per heavy atom. The molecule has 0 rings (SSSR count). The van der Waals surface area contributed by atoms with Crippen LogP contribution in [-0.2, 0) is 4.74 Å². The summed E-state index contributed by atoms with van der Waals surface area (Å²) in [6.07, 6.45) is 0. The second-order valence-corrected chi connectivity index (χ2v) is 5.73. The quantitative estimate of drug-likeness (QED) is 0.669. The molecule has 0 bridgehead atoms. The number of methoxy groups -OCH3 is 1. The summed E-state index contributed by atoms with van der Waals surface area (Å²) in [5.41, 5.74) is 5.69. The lowest BCUT2D eigenvalue weighted by Gasteiger charge is -2.33. The fourth-order valence-electron chi connectivity index (χ4n) is 2.11. The van der Waals surface area contributed by atoms with E-state index in [4.69, 9.17) is 10.5 Å². The van der Waals surface area contributed by atoms with Crippen LogP contribution >= 0.6 is 0 Å². The minimum absolute atomic E-state index is 0.100. The van der Waals surface area contributed by atoms with E-state index < -0.39 is 0 Å². The van der Waals surface area contributed by atoms with E-state index >= 15 is 0 Å². The van der Waals surface area contributed by atoms with E-state index in [1.54, 1.807) is 7.11 Å². The Bertz CT molecular complexity index is 175. The van der Waals surface area contributed by atoms with Crippen LogP contribution < -0.4 is 11.1 Å². The first-order chi connectivity index (χ1) is 7.36. The lowest BCUT2D eigenvalue weighted by Crippen LogP contribution is -2.54. The molecule has 0 radical (unpaired) electrons. The third-order valence-electron chi connectivity index (χ3n) is 3.39. The largest absolute Gasteiger partial charge is 0.383 e. The highest BCUT2D eigenvalue weighted by Gasteiger charge is 2.25. The van der Waals surface area contributed by atoms with Gasteiger partial charge in [0.05, 0.1) is 12.1 Å². The fraction of sp³-hybridized carbons (Fsp3) is 1.00. The minimum Gasteiger partial charge on any atom is -0.383 e. The zero-order valence-electron chi connectivity index (χ0n) is 11.8. The molecule has 0 aliphatic carbocycles. The van der Waals surface area contributed by atoms with Crippen molar-refractivity contribution in [2.45, 2.75) is 40.2 Å². The first-order valence-corrected chi connectivity index (χ1v) is 6.30. The van der Waals surface area contributed by atoms with Crippen molar-refractivity contribution in [1.29, 1.82) is 0 Å². The highest BCUT2D eigenvalue weighted by atomic mass is 16.5. The maximum atomic E-state index is 5.79. The molecule has 0 aromatic carbocycles. The zero-order valence-corrected chi connectivity index (χ0v) is 11.8. The molecule has 0 fully saturated rings. The van der Waals surface area contributed by atoms with Crippen molar-refractivity contribution in [3.63, 3.8) is 0 Å². The molecule has 0 aliphatic heterocycles. The smallest absolute Gasteiger partial charge is 0.0654 e. The summed E-state index contributed by atoms with van der Waals surface area (Å²) in [6, 6.07) is 0. The molecule has 0 saturated carbocycles. The number of hydrogen-bond acceptors (Lipinski definition) is 3. The molecule has 0 aromatic heterocycles. The number of hydrogen-bond donors (Lipinski definition) is 2. The van der Waals surface area contributed by atoms with Crippen LogP contribution in [0.3, 0.4) is 0 Å². The lowest BCUT2D eigenvalue weighted by molar-refractivity contribution is 0.113. The van der Waals surface area contributed by atoms with Crippen LogP contribution in [0.15, 0.2) is 0 Å². The summed E-state index contributed by atoms with van der Waals surface area (Å²) >= 11 is 0. The van der Waals surface area contributed by atoms with E-state index in [0.29, 0.717) is 30.9 Å². The van der Waals surface area contributed by atoms with E-state index in [1.165, 1.54) is 0 Å². The molecular weight excluding hydrogens is 200 g/mol.